The molecule has 6 nitrogen and oxygen atoms in total. The first-order valence-corrected chi connectivity index (χ1v) is 16.3. The van der Waals surface area contributed by atoms with Crippen molar-refractivity contribution in [3.05, 3.63) is 24.5 Å². The summed E-state index contributed by atoms with van der Waals surface area (Å²) in [5, 5.41) is -0.0818. The second-order valence-electron chi connectivity index (χ2n) is 10.9. The molecule has 0 bridgehead atoms. The third-order valence-corrected chi connectivity index (χ3v) is 12.4. The van der Waals surface area contributed by atoms with Crippen molar-refractivity contribution in [3.8, 4) is 0 Å². The highest BCUT2D eigenvalue weighted by Crippen LogP contribution is 2.40. The summed E-state index contributed by atoms with van der Waals surface area (Å²) in [5.74, 6) is -1.12. The van der Waals surface area contributed by atoms with Crippen molar-refractivity contribution in [2.75, 3.05) is 13.7 Å². The van der Waals surface area contributed by atoms with Crippen LogP contribution in [-0.4, -0.2) is 54.3 Å². The van der Waals surface area contributed by atoms with Crippen LogP contribution in [-0.2, 0) is 28.2 Å². The summed E-state index contributed by atoms with van der Waals surface area (Å²) in [4.78, 5) is 0. The van der Waals surface area contributed by atoms with Gasteiger partial charge in [0.1, 0.15) is 5.76 Å². The standard InChI is InChI=1S/C24H43F3O6SSi/c1-17(19(3)32-34(28,29)24(25,26)27)15-21(33-35(8,9)23(4,5)6)12-13-22-18(2)16-20(31-22)11-10-14-30-7/h17,20-22H,2-3,10-16H2,1,4-9H3/t17?,20-,21+,22-/m0/s1. The van der Waals surface area contributed by atoms with Crippen molar-refractivity contribution >= 4 is 18.4 Å². The highest BCUT2D eigenvalue weighted by Gasteiger charge is 2.49. The number of allylic oxidation sites excluding steroid dienone is 1. The van der Waals surface area contributed by atoms with E-state index in [9.17, 15) is 21.6 Å². The minimum absolute atomic E-state index is 0.0818. The van der Waals surface area contributed by atoms with Gasteiger partial charge in [-0.25, -0.2) is 0 Å². The molecule has 0 spiro atoms. The minimum Gasteiger partial charge on any atom is -0.414 e. The maximum Gasteiger partial charge on any atom is 0.534 e. The molecule has 11 heteroatoms. The molecule has 0 N–H and O–H groups in total. The minimum atomic E-state index is -5.76. The molecule has 1 unspecified atom stereocenters. The molecule has 0 radical (unpaired) electrons. The lowest BCUT2D eigenvalue weighted by Gasteiger charge is -2.40. The average molecular weight is 545 g/mol. The average Bonchev–Trinajstić information content (AvgIpc) is 3.03. The molecule has 0 saturated carbocycles. The van der Waals surface area contributed by atoms with Crippen molar-refractivity contribution in [2.45, 2.75) is 108 Å². The zero-order valence-corrected chi connectivity index (χ0v) is 24.0. The van der Waals surface area contributed by atoms with Gasteiger partial charge in [0.2, 0.25) is 0 Å². The molecule has 35 heavy (non-hydrogen) atoms. The van der Waals surface area contributed by atoms with Crippen molar-refractivity contribution in [2.24, 2.45) is 5.92 Å². The van der Waals surface area contributed by atoms with Gasteiger partial charge in [-0.3, -0.25) is 0 Å². The lowest BCUT2D eigenvalue weighted by molar-refractivity contribution is -0.0527. The predicted octanol–water partition coefficient (Wildman–Crippen LogP) is 6.70. The number of methoxy groups -OCH3 is 1. The molecule has 1 heterocycles. The van der Waals surface area contributed by atoms with E-state index in [-0.39, 0.29) is 29.8 Å². The van der Waals surface area contributed by atoms with Crippen molar-refractivity contribution in [1.82, 2.24) is 0 Å². The normalized spacial score (nSPS) is 21.7. The van der Waals surface area contributed by atoms with Gasteiger partial charge in [-0.15, -0.1) is 0 Å². The third kappa shape index (κ3) is 9.83. The number of hydrogen-bond acceptors (Lipinski definition) is 6. The van der Waals surface area contributed by atoms with Gasteiger partial charge in [-0.1, -0.05) is 40.9 Å². The van der Waals surface area contributed by atoms with Crippen LogP contribution < -0.4 is 0 Å². The van der Waals surface area contributed by atoms with Crippen LogP contribution in [0.1, 0.15) is 66.2 Å². The van der Waals surface area contributed by atoms with Crippen LogP contribution >= 0.6 is 0 Å². The molecule has 1 rings (SSSR count). The number of rotatable bonds is 14. The molecule has 206 valence electrons. The smallest absolute Gasteiger partial charge is 0.414 e. The molecule has 0 aromatic rings. The zero-order valence-electron chi connectivity index (χ0n) is 22.2. The SMILES string of the molecule is C=C(OS(=O)(=O)C(F)(F)F)C(C)C[C@@H](CC[C@@H]1O[C@@H](CCCOC)CC1=C)O[Si](C)(C)C(C)(C)C. The topological polar surface area (TPSA) is 71.1 Å². The third-order valence-electron chi connectivity index (χ3n) is 6.86. The van der Waals surface area contributed by atoms with Gasteiger partial charge < -0.3 is 18.1 Å². The Bertz CT molecular complexity index is 820. The van der Waals surface area contributed by atoms with Crippen molar-refractivity contribution in [3.63, 3.8) is 0 Å². The number of ether oxygens (including phenoxy) is 2. The Labute approximate surface area is 210 Å². The summed E-state index contributed by atoms with van der Waals surface area (Å²) in [6.45, 7) is 20.4. The Kier molecular flexibility index (Phi) is 11.6. The van der Waals surface area contributed by atoms with E-state index in [4.69, 9.17) is 13.9 Å². The van der Waals surface area contributed by atoms with E-state index in [0.29, 0.717) is 19.4 Å². The van der Waals surface area contributed by atoms with E-state index in [0.717, 1.165) is 24.8 Å². The summed E-state index contributed by atoms with van der Waals surface area (Å²) >= 11 is 0. The number of halogens is 3. The van der Waals surface area contributed by atoms with Gasteiger partial charge in [0.15, 0.2) is 8.32 Å². The van der Waals surface area contributed by atoms with Gasteiger partial charge in [-0.2, -0.15) is 21.6 Å². The summed E-state index contributed by atoms with van der Waals surface area (Å²) in [6, 6.07) is 0. The molecular weight excluding hydrogens is 501 g/mol. The predicted molar refractivity (Wildman–Crippen MR) is 134 cm³/mol. The van der Waals surface area contributed by atoms with Gasteiger partial charge in [0, 0.05) is 25.7 Å². The Morgan fingerprint density at radius 2 is 1.83 bits per heavy atom. The molecule has 4 atom stereocenters. The Hall–Kier alpha value is -0.883. The number of alkyl halides is 3. The van der Waals surface area contributed by atoms with Crippen LogP contribution in [0.3, 0.4) is 0 Å². The Morgan fingerprint density at radius 3 is 2.34 bits per heavy atom. The molecule has 1 aliphatic heterocycles. The fourth-order valence-corrected chi connectivity index (χ4v) is 5.59. The largest absolute Gasteiger partial charge is 0.534 e. The molecule has 0 amide bonds. The summed E-state index contributed by atoms with van der Waals surface area (Å²) in [5.41, 5.74) is -4.48. The van der Waals surface area contributed by atoms with Crippen LogP contribution in [0.5, 0.6) is 0 Å². The maximum absolute atomic E-state index is 12.7. The van der Waals surface area contributed by atoms with Crippen LogP contribution in [0.25, 0.3) is 0 Å². The first kappa shape index (κ1) is 32.1. The molecule has 0 aromatic heterocycles. The van der Waals surface area contributed by atoms with E-state index >= 15 is 0 Å². The summed E-state index contributed by atoms with van der Waals surface area (Å²) in [7, 11) is -6.31. The molecular formula is C24H43F3O6SSi. The Balaban J connectivity index is 2.89. The van der Waals surface area contributed by atoms with Crippen molar-refractivity contribution < 1.29 is 39.7 Å². The second-order valence-corrected chi connectivity index (χ2v) is 17.2. The van der Waals surface area contributed by atoms with E-state index in [1.54, 1.807) is 14.0 Å². The Morgan fingerprint density at radius 1 is 1.23 bits per heavy atom. The highest BCUT2D eigenvalue weighted by atomic mass is 32.2. The van der Waals surface area contributed by atoms with Gasteiger partial charge in [0.05, 0.1) is 12.2 Å². The lowest BCUT2D eigenvalue weighted by Crippen LogP contribution is -2.44. The van der Waals surface area contributed by atoms with E-state index in [1.807, 2.05) is 0 Å². The number of hydrogen-bond donors (Lipinski definition) is 0. The maximum atomic E-state index is 12.7. The molecule has 1 saturated heterocycles. The van der Waals surface area contributed by atoms with Crippen LogP contribution in [0.15, 0.2) is 24.5 Å². The van der Waals surface area contributed by atoms with Gasteiger partial charge >= 0.3 is 15.6 Å². The quantitative estimate of drug-likeness (QED) is 0.0605. The van der Waals surface area contributed by atoms with Gasteiger partial charge in [0.25, 0.3) is 0 Å². The van der Waals surface area contributed by atoms with Crippen LogP contribution in [0.2, 0.25) is 18.1 Å². The fraction of sp³-hybridized carbons (Fsp3) is 0.833. The van der Waals surface area contributed by atoms with Crippen LogP contribution in [0.4, 0.5) is 13.2 Å². The molecule has 0 aromatic carbocycles. The summed E-state index contributed by atoms with van der Waals surface area (Å²) < 4.78 is 83.2. The van der Waals surface area contributed by atoms with Gasteiger partial charge in [-0.05, 0) is 62.2 Å². The fourth-order valence-electron chi connectivity index (χ4n) is 3.65. The molecule has 0 aliphatic carbocycles. The van der Waals surface area contributed by atoms with Crippen molar-refractivity contribution in [1.29, 1.82) is 0 Å². The molecule has 1 aliphatic rings. The second kappa shape index (κ2) is 12.6. The summed E-state index contributed by atoms with van der Waals surface area (Å²) in [6.07, 6.45) is 3.74. The molecule has 1 fully saturated rings. The lowest BCUT2D eigenvalue weighted by atomic mass is 9.96. The zero-order chi connectivity index (χ0) is 27.2. The van der Waals surface area contributed by atoms with Crippen LogP contribution in [0, 0.1) is 5.92 Å². The first-order chi connectivity index (χ1) is 15.8. The van der Waals surface area contributed by atoms with E-state index < -0.39 is 35.6 Å². The highest BCUT2D eigenvalue weighted by molar-refractivity contribution is 7.87. The first-order valence-electron chi connectivity index (χ1n) is 12.0. The van der Waals surface area contributed by atoms with E-state index in [2.05, 4.69) is 51.2 Å². The monoisotopic (exact) mass is 544 g/mol. The van der Waals surface area contributed by atoms with E-state index in [1.165, 1.54) is 0 Å².